The van der Waals surface area contributed by atoms with E-state index in [1.807, 2.05) is 0 Å². The van der Waals surface area contributed by atoms with Crippen LogP contribution in [-0.4, -0.2) is 24.2 Å². The second-order valence-electron chi connectivity index (χ2n) is 6.51. The average Bonchev–Trinajstić information content (AvgIpc) is 2.09. The van der Waals surface area contributed by atoms with Crippen molar-refractivity contribution in [2.24, 2.45) is 10.8 Å². The Balaban J connectivity index is 3.90. The van der Waals surface area contributed by atoms with Crippen LogP contribution in [0.5, 0.6) is 0 Å². The summed E-state index contributed by atoms with van der Waals surface area (Å²) in [6, 6.07) is 0. The Hall–Kier alpha value is -0.570. The topological polar surface area (TPSA) is 49.3 Å². The second-order valence-corrected chi connectivity index (χ2v) is 6.51. The van der Waals surface area contributed by atoms with Crippen LogP contribution in [0.1, 0.15) is 53.9 Å². The lowest BCUT2D eigenvalue weighted by Gasteiger charge is -2.26. The lowest BCUT2D eigenvalue weighted by Crippen LogP contribution is -2.35. The molecule has 0 rings (SSSR count). The fourth-order valence-electron chi connectivity index (χ4n) is 1.53. The Labute approximate surface area is 99.6 Å². The van der Waals surface area contributed by atoms with E-state index in [1.165, 1.54) is 0 Å². The molecule has 3 heteroatoms. The van der Waals surface area contributed by atoms with Crippen molar-refractivity contribution >= 4 is 5.91 Å². The molecule has 0 radical (unpaired) electrons. The van der Waals surface area contributed by atoms with Gasteiger partial charge >= 0.3 is 0 Å². The van der Waals surface area contributed by atoms with E-state index in [4.69, 9.17) is 5.11 Å². The highest BCUT2D eigenvalue weighted by atomic mass is 16.2. The van der Waals surface area contributed by atoms with Crippen molar-refractivity contribution in [2.75, 3.05) is 13.2 Å². The smallest absolute Gasteiger partial charge is 0.220 e. The lowest BCUT2D eigenvalue weighted by atomic mass is 9.87. The number of amides is 1. The van der Waals surface area contributed by atoms with Crippen molar-refractivity contribution < 1.29 is 9.90 Å². The highest BCUT2D eigenvalue weighted by Gasteiger charge is 2.20. The summed E-state index contributed by atoms with van der Waals surface area (Å²) in [6.07, 6.45) is 2.28. The molecule has 0 heterocycles. The van der Waals surface area contributed by atoms with Crippen molar-refractivity contribution in [3.05, 3.63) is 0 Å². The molecule has 0 atom stereocenters. The van der Waals surface area contributed by atoms with Crippen LogP contribution in [0.3, 0.4) is 0 Å². The molecule has 0 aromatic heterocycles. The standard InChI is InChI=1S/C13H27NO2/c1-12(2,3)9-11(16)14-10-13(4,5)7-6-8-15/h15H,6-10H2,1-5H3,(H,14,16). The molecule has 16 heavy (non-hydrogen) atoms. The minimum absolute atomic E-state index is 0.0410. The number of carbonyl (C=O) groups excluding carboxylic acids is 1. The maximum absolute atomic E-state index is 11.6. The first-order valence-corrected chi connectivity index (χ1v) is 6.04. The maximum Gasteiger partial charge on any atom is 0.220 e. The predicted molar refractivity (Wildman–Crippen MR) is 67.2 cm³/mol. The summed E-state index contributed by atoms with van der Waals surface area (Å²) < 4.78 is 0. The summed E-state index contributed by atoms with van der Waals surface area (Å²) in [5, 5.41) is 11.7. The van der Waals surface area contributed by atoms with Gasteiger partial charge in [-0.15, -0.1) is 0 Å². The van der Waals surface area contributed by atoms with Crippen LogP contribution in [0.25, 0.3) is 0 Å². The van der Waals surface area contributed by atoms with E-state index in [-0.39, 0.29) is 23.3 Å². The van der Waals surface area contributed by atoms with Gasteiger partial charge in [-0.25, -0.2) is 0 Å². The van der Waals surface area contributed by atoms with Gasteiger partial charge in [0.05, 0.1) is 0 Å². The number of aliphatic hydroxyl groups excluding tert-OH is 1. The highest BCUT2D eigenvalue weighted by molar-refractivity contribution is 5.76. The van der Waals surface area contributed by atoms with E-state index in [1.54, 1.807) is 0 Å². The van der Waals surface area contributed by atoms with Gasteiger partial charge < -0.3 is 10.4 Å². The molecule has 0 aliphatic rings. The fraction of sp³-hybridized carbons (Fsp3) is 0.923. The van der Waals surface area contributed by atoms with E-state index < -0.39 is 0 Å². The maximum atomic E-state index is 11.6. The molecule has 1 amide bonds. The number of rotatable bonds is 6. The zero-order chi connectivity index (χ0) is 12.8. The van der Waals surface area contributed by atoms with Crippen molar-refractivity contribution in [1.29, 1.82) is 0 Å². The van der Waals surface area contributed by atoms with Gasteiger partial charge in [0.1, 0.15) is 0 Å². The van der Waals surface area contributed by atoms with Gasteiger partial charge in [-0.3, -0.25) is 4.79 Å². The molecule has 0 aliphatic heterocycles. The largest absolute Gasteiger partial charge is 0.396 e. The zero-order valence-electron chi connectivity index (χ0n) is 11.4. The first-order chi connectivity index (χ1) is 7.16. The molecule has 2 N–H and O–H groups in total. The van der Waals surface area contributed by atoms with Crippen molar-refractivity contribution in [3.63, 3.8) is 0 Å². The molecule has 0 saturated heterocycles. The minimum Gasteiger partial charge on any atom is -0.396 e. The van der Waals surface area contributed by atoms with Gasteiger partial charge in [0, 0.05) is 19.6 Å². The Morgan fingerprint density at radius 3 is 2.19 bits per heavy atom. The lowest BCUT2D eigenvalue weighted by molar-refractivity contribution is -0.123. The van der Waals surface area contributed by atoms with Crippen molar-refractivity contribution in [3.8, 4) is 0 Å². The van der Waals surface area contributed by atoms with Crippen LogP contribution in [0.15, 0.2) is 0 Å². The molecule has 0 aliphatic carbocycles. The molecular weight excluding hydrogens is 202 g/mol. The summed E-state index contributed by atoms with van der Waals surface area (Å²) >= 11 is 0. The van der Waals surface area contributed by atoms with Crippen molar-refractivity contribution in [2.45, 2.75) is 53.9 Å². The quantitative estimate of drug-likeness (QED) is 0.734. The fourth-order valence-corrected chi connectivity index (χ4v) is 1.53. The average molecular weight is 229 g/mol. The monoisotopic (exact) mass is 229 g/mol. The molecule has 96 valence electrons. The Morgan fingerprint density at radius 1 is 1.19 bits per heavy atom. The van der Waals surface area contributed by atoms with E-state index in [2.05, 4.69) is 39.9 Å². The molecule has 3 nitrogen and oxygen atoms in total. The van der Waals surface area contributed by atoms with Gasteiger partial charge in [-0.05, 0) is 23.7 Å². The predicted octanol–water partition coefficient (Wildman–Crippen LogP) is 2.34. The molecule has 0 unspecified atom stereocenters. The summed E-state index contributed by atoms with van der Waals surface area (Å²) in [7, 11) is 0. The van der Waals surface area contributed by atoms with Gasteiger partial charge in [-0.2, -0.15) is 0 Å². The third-order valence-corrected chi connectivity index (χ3v) is 2.47. The molecular formula is C13H27NO2. The number of aliphatic hydroxyl groups is 1. The minimum atomic E-state index is 0.0410. The normalized spacial score (nSPS) is 12.6. The number of hydrogen-bond donors (Lipinski definition) is 2. The first-order valence-electron chi connectivity index (χ1n) is 6.04. The van der Waals surface area contributed by atoms with Gasteiger partial charge in [0.25, 0.3) is 0 Å². The summed E-state index contributed by atoms with van der Waals surface area (Å²) in [5.74, 6) is 0.115. The summed E-state index contributed by atoms with van der Waals surface area (Å²) in [4.78, 5) is 11.6. The van der Waals surface area contributed by atoms with E-state index in [9.17, 15) is 4.79 Å². The van der Waals surface area contributed by atoms with Gasteiger partial charge in [-0.1, -0.05) is 34.6 Å². The molecule has 0 spiro atoms. The number of nitrogens with one attached hydrogen (secondary N) is 1. The molecule has 0 fully saturated rings. The van der Waals surface area contributed by atoms with Crippen LogP contribution >= 0.6 is 0 Å². The Morgan fingerprint density at radius 2 is 1.75 bits per heavy atom. The highest BCUT2D eigenvalue weighted by Crippen LogP contribution is 2.22. The van der Waals surface area contributed by atoms with E-state index >= 15 is 0 Å². The van der Waals surface area contributed by atoms with Gasteiger partial charge in [0.2, 0.25) is 5.91 Å². The Kier molecular flexibility index (Phi) is 6.01. The summed E-state index contributed by atoms with van der Waals surface area (Å²) in [6.45, 7) is 11.3. The van der Waals surface area contributed by atoms with E-state index in [0.29, 0.717) is 13.0 Å². The van der Waals surface area contributed by atoms with Gasteiger partial charge in [0.15, 0.2) is 0 Å². The first kappa shape index (κ1) is 15.4. The molecule has 0 saturated carbocycles. The van der Waals surface area contributed by atoms with E-state index in [0.717, 1.165) is 12.8 Å². The number of carbonyl (C=O) groups is 1. The zero-order valence-corrected chi connectivity index (χ0v) is 11.4. The Bertz CT molecular complexity index is 216. The molecule has 0 bridgehead atoms. The number of hydrogen-bond acceptors (Lipinski definition) is 2. The van der Waals surface area contributed by atoms with Crippen LogP contribution in [0.2, 0.25) is 0 Å². The SMILES string of the molecule is CC(C)(C)CC(=O)NCC(C)(C)CCCO. The second kappa shape index (κ2) is 6.24. The third-order valence-electron chi connectivity index (χ3n) is 2.47. The van der Waals surface area contributed by atoms with Crippen LogP contribution in [0, 0.1) is 10.8 Å². The van der Waals surface area contributed by atoms with Crippen LogP contribution in [0.4, 0.5) is 0 Å². The van der Waals surface area contributed by atoms with Crippen LogP contribution in [-0.2, 0) is 4.79 Å². The molecule has 0 aromatic carbocycles. The van der Waals surface area contributed by atoms with Crippen LogP contribution < -0.4 is 5.32 Å². The molecule has 0 aromatic rings. The van der Waals surface area contributed by atoms with Crippen molar-refractivity contribution in [1.82, 2.24) is 5.32 Å². The summed E-state index contributed by atoms with van der Waals surface area (Å²) in [5.41, 5.74) is 0.107. The third kappa shape index (κ3) is 8.72.